The number of rotatable bonds is 1. The highest BCUT2D eigenvalue weighted by atomic mass is 16.1. The summed E-state index contributed by atoms with van der Waals surface area (Å²) in [6.45, 7) is 6.40. The van der Waals surface area contributed by atoms with Crippen LogP contribution in [0.3, 0.4) is 0 Å². The Balaban J connectivity index is 2.76. The van der Waals surface area contributed by atoms with Gasteiger partial charge in [-0.1, -0.05) is 18.6 Å². The van der Waals surface area contributed by atoms with Crippen molar-refractivity contribution in [2.75, 3.05) is 0 Å². The van der Waals surface area contributed by atoms with Crippen molar-refractivity contribution in [1.82, 2.24) is 0 Å². The van der Waals surface area contributed by atoms with Crippen LogP contribution < -0.4 is 0 Å². The van der Waals surface area contributed by atoms with E-state index in [1.807, 2.05) is 0 Å². The topological polar surface area (TPSA) is 17.1 Å². The minimum Gasteiger partial charge on any atom is -0.300 e. The zero-order chi connectivity index (χ0) is 9.19. The fraction of sp³-hybridized carbons (Fsp3) is 0.727. The van der Waals surface area contributed by atoms with Crippen LogP contribution in [0.1, 0.15) is 46.5 Å². The molecular weight excluding hydrogens is 148 g/mol. The van der Waals surface area contributed by atoms with E-state index in [4.69, 9.17) is 0 Å². The Hall–Kier alpha value is -0.590. The molecule has 1 aliphatic carbocycles. The van der Waals surface area contributed by atoms with Crippen molar-refractivity contribution in [2.45, 2.75) is 46.5 Å². The Kier molecular flexibility index (Phi) is 2.71. The highest BCUT2D eigenvalue weighted by Gasteiger charge is 2.31. The van der Waals surface area contributed by atoms with Crippen molar-refractivity contribution in [1.29, 1.82) is 0 Å². The second kappa shape index (κ2) is 3.42. The highest BCUT2D eigenvalue weighted by Crippen LogP contribution is 2.40. The summed E-state index contributed by atoms with van der Waals surface area (Å²) < 4.78 is 0. The third-order valence-electron chi connectivity index (χ3n) is 3.16. The summed E-state index contributed by atoms with van der Waals surface area (Å²) in [5.74, 6) is 0.435. The van der Waals surface area contributed by atoms with Gasteiger partial charge in [0.15, 0.2) is 0 Å². The first kappa shape index (κ1) is 9.50. The predicted octanol–water partition coefficient (Wildman–Crippen LogP) is 3.10. The van der Waals surface area contributed by atoms with Gasteiger partial charge in [-0.3, -0.25) is 4.79 Å². The summed E-state index contributed by atoms with van der Waals surface area (Å²) in [7, 11) is 0. The Bertz CT molecular complexity index is 215. The summed E-state index contributed by atoms with van der Waals surface area (Å²) >= 11 is 0. The molecule has 0 aromatic rings. The number of carbonyl (C=O) groups is 1. The summed E-state index contributed by atoms with van der Waals surface area (Å²) in [6, 6.07) is 0. The fourth-order valence-corrected chi connectivity index (χ4v) is 1.97. The molecule has 0 amide bonds. The van der Waals surface area contributed by atoms with Crippen molar-refractivity contribution < 1.29 is 4.79 Å². The van der Waals surface area contributed by atoms with Crippen molar-refractivity contribution in [3.8, 4) is 0 Å². The fourth-order valence-electron chi connectivity index (χ4n) is 1.97. The molecule has 1 nitrogen and oxygen atoms in total. The molecule has 1 heteroatoms. The van der Waals surface area contributed by atoms with E-state index >= 15 is 0 Å². The molecule has 0 aliphatic heterocycles. The number of hydrogen-bond donors (Lipinski definition) is 0. The van der Waals surface area contributed by atoms with E-state index in [0.29, 0.717) is 5.78 Å². The van der Waals surface area contributed by atoms with Crippen molar-refractivity contribution >= 4 is 5.78 Å². The number of ketones is 1. The van der Waals surface area contributed by atoms with Crippen LogP contribution in [0.2, 0.25) is 0 Å². The summed E-state index contributed by atoms with van der Waals surface area (Å²) in [4.78, 5) is 11.3. The molecule has 1 fully saturated rings. The minimum atomic E-state index is 0.171. The second-order valence-corrected chi connectivity index (χ2v) is 4.10. The standard InChI is InChI=1S/C11H18O/c1-4-9(2)11(3)7-5-6-10(12)8-11/h4H,5-8H2,1-3H3/b9-4-/t11-/m1/s1. The van der Waals surface area contributed by atoms with Gasteiger partial charge in [-0.05, 0) is 32.1 Å². The summed E-state index contributed by atoms with van der Waals surface area (Å²) in [5, 5.41) is 0. The van der Waals surface area contributed by atoms with Gasteiger partial charge in [0.2, 0.25) is 0 Å². The molecule has 0 radical (unpaired) electrons. The van der Waals surface area contributed by atoms with Crippen LogP contribution in [-0.2, 0) is 4.79 Å². The third kappa shape index (κ3) is 1.77. The third-order valence-corrected chi connectivity index (χ3v) is 3.16. The average molecular weight is 166 g/mol. The van der Waals surface area contributed by atoms with E-state index < -0.39 is 0 Å². The first-order chi connectivity index (χ1) is 5.58. The SMILES string of the molecule is C/C=C(/C)[C@]1(C)CCCC(=O)C1. The van der Waals surface area contributed by atoms with E-state index in [2.05, 4.69) is 26.8 Å². The van der Waals surface area contributed by atoms with Gasteiger partial charge in [-0.15, -0.1) is 0 Å². The monoisotopic (exact) mass is 166 g/mol. The molecule has 0 heterocycles. The molecule has 1 aliphatic rings. The average Bonchev–Trinajstić information content (AvgIpc) is 2.02. The molecule has 0 N–H and O–H groups in total. The molecule has 0 aromatic carbocycles. The maximum atomic E-state index is 11.3. The molecular formula is C11H18O. The van der Waals surface area contributed by atoms with Crippen LogP contribution in [0.4, 0.5) is 0 Å². The number of Topliss-reactive ketones (excluding diaryl/α,β-unsaturated/α-hetero) is 1. The van der Waals surface area contributed by atoms with Gasteiger partial charge < -0.3 is 0 Å². The first-order valence-electron chi connectivity index (χ1n) is 4.73. The maximum absolute atomic E-state index is 11.3. The van der Waals surface area contributed by atoms with Crippen molar-refractivity contribution in [3.05, 3.63) is 11.6 Å². The van der Waals surface area contributed by atoms with E-state index in [0.717, 1.165) is 19.3 Å². The predicted molar refractivity (Wildman–Crippen MR) is 51.0 cm³/mol. The van der Waals surface area contributed by atoms with Crippen LogP contribution in [0, 0.1) is 5.41 Å². The molecule has 1 rings (SSSR count). The Morgan fingerprint density at radius 2 is 2.25 bits per heavy atom. The van der Waals surface area contributed by atoms with Crippen LogP contribution in [-0.4, -0.2) is 5.78 Å². The van der Waals surface area contributed by atoms with Gasteiger partial charge in [-0.25, -0.2) is 0 Å². The Morgan fingerprint density at radius 1 is 1.58 bits per heavy atom. The van der Waals surface area contributed by atoms with E-state index in [1.54, 1.807) is 0 Å². The lowest BCUT2D eigenvalue weighted by atomic mass is 9.70. The lowest BCUT2D eigenvalue weighted by molar-refractivity contribution is -0.122. The van der Waals surface area contributed by atoms with Gasteiger partial charge in [0.25, 0.3) is 0 Å². The zero-order valence-corrected chi connectivity index (χ0v) is 8.31. The normalized spacial score (nSPS) is 32.2. The lowest BCUT2D eigenvalue weighted by Gasteiger charge is -2.33. The van der Waals surface area contributed by atoms with Crippen LogP contribution in [0.5, 0.6) is 0 Å². The second-order valence-electron chi connectivity index (χ2n) is 4.10. The molecule has 1 atom stereocenters. The molecule has 0 bridgehead atoms. The van der Waals surface area contributed by atoms with Gasteiger partial charge in [0.05, 0.1) is 0 Å². The molecule has 0 spiro atoms. The van der Waals surface area contributed by atoms with Gasteiger partial charge in [0, 0.05) is 12.8 Å². The number of hydrogen-bond acceptors (Lipinski definition) is 1. The van der Waals surface area contributed by atoms with Crippen LogP contribution in [0.15, 0.2) is 11.6 Å². The Labute approximate surface area is 74.9 Å². The smallest absolute Gasteiger partial charge is 0.133 e. The quantitative estimate of drug-likeness (QED) is 0.547. The van der Waals surface area contributed by atoms with E-state index in [-0.39, 0.29) is 5.41 Å². The molecule has 68 valence electrons. The molecule has 12 heavy (non-hydrogen) atoms. The Morgan fingerprint density at radius 3 is 2.75 bits per heavy atom. The van der Waals surface area contributed by atoms with Crippen LogP contribution in [0.25, 0.3) is 0 Å². The highest BCUT2D eigenvalue weighted by molar-refractivity contribution is 5.80. The minimum absolute atomic E-state index is 0.171. The molecule has 0 saturated heterocycles. The maximum Gasteiger partial charge on any atom is 0.133 e. The molecule has 0 aromatic heterocycles. The lowest BCUT2D eigenvalue weighted by Crippen LogP contribution is -2.26. The summed E-state index contributed by atoms with van der Waals surface area (Å²) in [6.07, 6.45) is 5.93. The van der Waals surface area contributed by atoms with Crippen molar-refractivity contribution in [2.24, 2.45) is 5.41 Å². The number of carbonyl (C=O) groups excluding carboxylic acids is 1. The van der Waals surface area contributed by atoms with Gasteiger partial charge >= 0.3 is 0 Å². The van der Waals surface area contributed by atoms with Crippen LogP contribution >= 0.6 is 0 Å². The first-order valence-corrected chi connectivity index (χ1v) is 4.73. The van der Waals surface area contributed by atoms with Gasteiger partial charge in [0.1, 0.15) is 5.78 Å². The molecule has 0 unspecified atom stereocenters. The summed E-state index contributed by atoms with van der Waals surface area (Å²) in [5.41, 5.74) is 1.54. The van der Waals surface area contributed by atoms with Gasteiger partial charge in [-0.2, -0.15) is 0 Å². The van der Waals surface area contributed by atoms with Crippen molar-refractivity contribution in [3.63, 3.8) is 0 Å². The van der Waals surface area contributed by atoms with E-state index in [1.165, 1.54) is 12.0 Å². The largest absolute Gasteiger partial charge is 0.300 e. The number of allylic oxidation sites excluding steroid dienone is 2. The zero-order valence-electron chi connectivity index (χ0n) is 8.31. The van der Waals surface area contributed by atoms with E-state index in [9.17, 15) is 4.79 Å². The molecule has 1 saturated carbocycles.